The molecule has 0 saturated carbocycles. The van der Waals surface area contributed by atoms with Crippen molar-refractivity contribution in [3.8, 4) is 0 Å². The van der Waals surface area contributed by atoms with E-state index in [-0.39, 0.29) is 17.8 Å². The van der Waals surface area contributed by atoms with Gasteiger partial charge < -0.3 is 10.6 Å². The predicted octanol–water partition coefficient (Wildman–Crippen LogP) is 2.77. The Morgan fingerprint density at radius 2 is 1.94 bits per heavy atom. The molecule has 2 N–H and O–H groups in total. The largest absolute Gasteiger partial charge is 0.374 e. The van der Waals surface area contributed by atoms with Crippen molar-refractivity contribution in [3.05, 3.63) is 29.6 Å². The van der Waals surface area contributed by atoms with E-state index in [2.05, 4.69) is 25.7 Å². The molecular weight excluding hydrogens is 203 g/mol. The Morgan fingerprint density at radius 1 is 1.31 bits per heavy atom. The molecule has 3 heteroatoms. The Balaban J connectivity index is 2.99. The smallest absolute Gasteiger partial charge is 0.129 e. The van der Waals surface area contributed by atoms with E-state index < -0.39 is 0 Å². The van der Waals surface area contributed by atoms with Gasteiger partial charge in [0.25, 0.3) is 0 Å². The van der Waals surface area contributed by atoms with Crippen LogP contribution in [0.4, 0.5) is 10.1 Å². The van der Waals surface area contributed by atoms with Crippen molar-refractivity contribution in [2.75, 3.05) is 18.5 Å². The zero-order chi connectivity index (χ0) is 12.3. The fourth-order valence-corrected chi connectivity index (χ4v) is 1.90. The molecule has 0 aromatic heterocycles. The molecule has 1 rings (SSSR count). The molecule has 0 aliphatic rings. The van der Waals surface area contributed by atoms with E-state index in [9.17, 15) is 4.39 Å². The average Bonchev–Trinajstić information content (AvgIpc) is 2.14. The quantitative estimate of drug-likeness (QED) is 0.855. The highest BCUT2D eigenvalue weighted by molar-refractivity contribution is 5.53. The molecule has 0 atom stereocenters. The standard InChI is InChI=1S/C13H21FN2/c1-13(2,3)9-16(4)12-7-5-6-11(14)10(12)8-15/h5-7H,8-9,15H2,1-4H3. The van der Waals surface area contributed by atoms with E-state index in [0.29, 0.717) is 5.56 Å². The molecule has 0 aliphatic carbocycles. The summed E-state index contributed by atoms with van der Waals surface area (Å²) in [6.07, 6.45) is 0. The summed E-state index contributed by atoms with van der Waals surface area (Å²) in [5.41, 5.74) is 7.24. The van der Waals surface area contributed by atoms with Gasteiger partial charge >= 0.3 is 0 Å². The minimum atomic E-state index is -0.222. The average molecular weight is 224 g/mol. The molecule has 0 fully saturated rings. The number of hydrogen-bond acceptors (Lipinski definition) is 2. The lowest BCUT2D eigenvalue weighted by Gasteiger charge is -2.29. The molecule has 1 aromatic rings. The van der Waals surface area contributed by atoms with E-state index in [4.69, 9.17) is 5.73 Å². The normalized spacial score (nSPS) is 11.6. The van der Waals surface area contributed by atoms with Crippen LogP contribution in [0.2, 0.25) is 0 Å². The molecule has 0 saturated heterocycles. The van der Waals surface area contributed by atoms with Gasteiger partial charge in [-0.3, -0.25) is 0 Å². The zero-order valence-electron chi connectivity index (χ0n) is 10.5. The highest BCUT2D eigenvalue weighted by Gasteiger charge is 2.17. The first-order valence-electron chi connectivity index (χ1n) is 5.54. The lowest BCUT2D eigenvalue weighted by atomic mass is 9.95. The molecule has 0 heterocycles. The number of benzene rings is 1. The number of rotatable bonds is 3. The Bertz CT molecular complexity index is 355. The first-order valence-corrected chi connectivity index (χ1v) is 5.54. The third kappa shape index (κ3) is 3.20. The zero-order valence-corrected chi connectivity index (χ0v) is 10.5. The van der Waals surface area contributed by atoms with Crippen LogP contribution in [0.5, 0.6) is 0 Å². The van der Waals surface area contributed by atoms with Crippen molar-refractivity contribution < 1.29 is 4.39 Å². The van der Waals surface area contributed by atoms with Crippen molar-refractivity contribution in [1.82, 2.24) is 0 Å². The van der Waals surface area contributed by atoms with Crippen molar-refractivity contribution in [1.29, 1.82) is 0 Å². The van der Waals surface area contributed by atoms with Gasteiger partial charge in [-0.2, -0.15) is 0 Å². The molecule has 0 bridgehead atoms. The maximum Gasteiger partial charge on any atom is 0.129 e. The molecule has 0 aliphatic heterocycles. The fourth-order valence-electron chi connectivity index (χ4n) is 1.90. The van der Waals surface area contributed by atoms with Gasteiger partial charge in [0.15, 0.2) is 0 Å². The number of nitrogens with zero attached hydrogens (tertiary/aromatic N) is 1. The van der Waals surface area contributed by atoms with Crippen LogP contribution in [0.3, 0.4) is 0 Å². The second kappa shape index (κ2) is 4.83. The fraction of sp³-hybridized carbons (Fsp3) is 0.538. The van der Waals surface area contributed by atoms with Gasteiger partial charge in [-0.1, -0.05) is 26.8 Å². The van der Waals surface area contributed by atoms with Gasteiger partial charge in [0, 0.05) is 31.4 Å². The lowest BCUT2D eigenvalue weighted by molar-refractivity contribution is 0.418. The maximum atomic E-state index is 13.5. The minimum absolute atomic E-state index is 0.174. The highest BCUT2D eigenvalue weighted by Crippen LogP contribution is 2.25. The van der Waals surface area contributed by atoms with E-state index in [1.807, 2.05) is 13.1 Å². The molecule has 0 amide bonds. The Hall–Kier alpha value is -1.09. The topological polar surface area (TPSA) is 29.3 Å². The third-order valence-corrected chi connectivity index (χ3v) is 2.42. The minimum Gasteiger partial charge on any atom is -0.374 e. The van der Waals surface area contributed by atoms with Gasteiger partial charge in [0.1, 0.15) is 5.82 Å². The van der Waals surface area contributed by atoms with Crippen molar-refractivity contribution >= 4 is 5.69 Å². The number of hydrogen-bond donors (Lipinski definition) is 1. The Labute approximate surface area is 97.3 Å². The molecular formula is C13H21FN2. The summed E-state index contributed by atoms with van der Waals surface area (Å²) in [4.78, 5) is 2.06. The molecule has 0 spiro atoms. The van der Waals surface area contributed by atoms with Crippen LogP contribution in [-0.4, -0.2) is 13.6 Å². The molecule has 1 aromatic carbocycles. The second-order valence-electron chi connectivity index (χ2n) is 5.36. The van der Waals surface area contributed by atoms with Crippen LogP contribution >= 0.6 is 0 Å². The summed E-state index contributed by atoms with van der Waals surface area (Å²) >= 11 is 0. The van der Waals surface area contributed by atoms with E-state index >= 15 is 0 Å². The number of anilines is 1. The lowest BCUT2D eigenvalue weighted by Crippen LogP contribution is -2.30. The summed E-state index contributed by atoms with van der Waals surface area (Å²) in [7, 11) is 1.97. The van der Waals surface area contributed by atoms with Gasteiger partial charge in [-0.25, -0.2) is 4.39 Å². The van der Waals surface area contributed by atoms with Crippen molar-refractivity contribution in [2.24, 2.45) is 11.1 Å². The summed E-state index contributed by atoms with van der Waals surface area (Å²) in [6, 6.07) is 5.09. The summed E-state index contributed by atoms with van der Waals surface area (Å²) < 4.78 is 13.5. The summed E-state index contributed by atoms with van der Waals surface area (Å²) in [6.45, 7) is 7.57. The van der Waals surface area contributed by atoms with Gasteiger partial charge in [0.05, 0.1) is 0 Å². The van der Waals surface area contributed by atoms with Gasteiger partial charge in [-0.05, 0) is 17.5 Å². The third-order valence-electron chi connectivity index (χ3n) is 2.42. The van der Waals surface area contributed by atoms with Crippen LogP contribution in [0.15, 0.2) is 18.2 Å². The van der Waals surface area contributed by atoms with Crippen molar-refractivity contribution in [2.45, 2.75) is 27.3 Å². The van der Waals surface area contributed by atoms with Crippen LogP contribution in [0, 0.1) is 11.2 Å². The van der Waals surface area contributed by atoms with E-state index in [1.54, 1.807) is 6.07 Å². The molecule has 16 heavy (non-hydrogen) atoms. The van der Waals surface area contributed by atoms with E-state index in [0.717, 1.165) is 12.2 Å². The molecule has 0 radical (unpaired) electrons. The van der Waals surface area contributed by atoms with E-state index in [1.165, 1.54) is 6.07 Å². The van der Waals surface area contributed by atoms with Crippen molar-refractivity contribution in [3.63, 3.8) is 0 Å². The first kappa shape index (κ1) is 13.0. The Morgan fingerprint density at radius 3 is 2.44 bits per heavy atom. The summed E-state index contributed by atoms with van der Waals surface area (Å²) in [5, 5.41) is 0. The number of halogens is 1. The van der Waals surface area contributed by atoms with Crippen LogP contribution in [0.25, 0.3) is 0 Å². The van der Waals surface area contributed by atoms with Crippen LogP contribution in [0.1, 0.15) is 26.3 Å². The van der Waals surface area contributed by atoms with Gasteiger partial charge in [0.2, 0.25) is 0 Å². The van der Waals surface area contributed by atoms with Crippen LogP contribution < -0.4 is 10.6 Å². The highest BCUT2D eigenvalue weighted by atomic mass is 19.1. The maximum absolute atomic E-state index is 13.5. The monoisotopic (exact) mass is 224 g/mol. The van der Waals surface area contributed by atoms with Crippen LogP contribution in [-0.2, 0) is 6.54 Å². The predicted molar refractivity (Wildman–Crippen MR) is 67.0 cm³/mol. The summed E-state index contributed by atoms with van der Waals surface area (Å²) in [5.74, 6) is -0.222. The first-order chi connectivity index (χ1) is 7.35. The van der Waals surface area contributed by atoms with Gasteiger partial charge in [-0.15, -0.1) is 0 Å². The number of nitrogens with two attached hydrogens (primary N) is 1. The molecule has 2 nitrogen and oxygen atoms in total. The SMILES string of the molecule is CN(CC(C)(C)C)c1cccc(F)c1CN. The molecule has 90 valence electrons. The Kier molecular flexibility index (Phi) is 3.92. The molecule has 0 unspecified atom stereocenters. The second-order valence-corrected chi connectivity index (χ2v) is 5.36.